The molecule has 3 nitrogen and oxygen atoms in total. The van der Waals surface area contributed by atoms with E-state index < -0.39 is 11.9 Å². The first-order valence-corrected chi connectivity index (χ1v) is 4.07. The maximum atomic E-state index is 12.2. The third kappa shape index (κ3) is 2.14. The Hall–Kier alpha value is -0.730. The van der Waals surface area contributed by atoms with Crippen LogP contribution >= 0.6 is 22.6 Å². The number of rotatable bonds is 1. The molecule has 1 rings (SSSR count). The van der Waals surface area contributed by atoms with Crippen LogP contribution in [-0.4, -0.2) is 16.3 Å². The topological polar surface area (TPSA) is 42.9 Å². The van der Waals surface area contributed by atoms with Crippen molar-refractivity contribution in [1.29, 1.82) is 0 Å². The molecule has 0 radical (unpaired) electrons. The van der Waals surface area contributed by atoms with Crippen molar-refractivity contribution in [3.05, 3.63) is 21.3 Å². The van der Waals surface area contributed by atoms with Crippen LogP contribution in [0.3, 0.4) is 0 Å². The molecule has 0 atom stereocenters. The van der Waals surface area contributed by atoms with Gasteiger partial charge in [-0.25, -0.2) is 9.97 Å². The standard InChI is InChI=1S/C6H2F3IN2O/c7-6(8,9)5-4(10)3(1-13)11-2-12-5/h1-2H. The number of alkyl halides is 3. The third-order valence-corrected chi connectivity index (χ3v) is 2.26. The molecule has 0 unspecified atom stereocenters. The molecule has 0 aliphatic carbocycles. The highest BCUT2D eigenvalue weighted by Crippen LogP contribution is 2.31. The second-order valence-corrected chi connectivity index (χ2v) is 3.12. The highest BCUT2D eigenvalue weighted by atomic mass is 127. The van der Waals surface area contributed by atoms with Crippen molar-refractivity contribution >= 4 is 28.9 Å². The van der Waals surface area contributed by atoms with Crippen molar-refractivity contribution in [3.63, 3.8) is 0 Å². The van der Waals surface area contributed by atoms with Crippen LogP contribution in [0, 0.1) is 3.57 Å². The molecular weight excluding hydrogens is 300 g/mol. The van der Waals surface area contributed by atoms with Crippen LogP contribution in [0.25, 0.3) is 0 Å². The van der Waals surface area contributed by atoms with Crippen LogP contribution in [-0.2, 0) is 6.18 Å². The monoisotopic (exact) mass is 302 g/mol. The minimum absolute atomic E-state index is 0.247. The number of halogens is 4. The molecule has 0 aromatic carbocycles. The molecule has 0 aliphatic heterocycles. The van der Waals surface area contributed by atoms with Gasteiger partial charge in [-0.2, -0.15) is 13.2 Å². The summed E-state index contributed by atoms with van der Waals surface area (Å²) in [7, 11) is 0. The lowest BCUT2D eigenvalue weighted by Gasteiger charge is -2.07. The van der Waals surface area contributed by atoms with Crippen molar-refractivity contribution in [2.75, 3.05) is 0 Å². The Balaban J connectivity index is 3.32. The van der Waals surface area contributed by atoms with Gasteiger partial charge in [-0.3, -0.25) is 4.79 Å². The molecule has 7 heteroatoms. The van der Waals surface area contributed by atoms with E-state index in [0.717, 1.165) is 0 Å². The fourth-order valence-corrected chi connectivity index (χ4v) is 1.37. The van der Waals surface area contributed by atoms with Gasteiger partial charge >= 0.3 is 6.18 Å². The maximum Gasteiger partial charge on any atom is 0.434 e. The zero-order valence-electron chi connectivity index (χ0n) is 5.97. The highest BCUT2D eigenvalue weighted by molar-refractivity contribution is 14.1. The van der Waals surface area contributed by atoms with Crippen LogP contribution in [0.5, 0.6) is 0 Å². The first-order chi connectivity index (χ1) is 5.96. The largest absolute Gasteiger partial charge is 0.434 e. The average Bonchev–Trinajstić information content (AvgIpc) is 2.02. The first kappa shape index (κ1) is 10.4. The first-order valence-electron chi connectivity index (χ1n) is 2.99. The molecule has 1 aromatic rings. The van der Waals surface area contributed by atoms with Crippen LogP contribution in [0.4, 0.5) is 13.2 Å². The fourth-order valence-electron chi connectivity index (χ4n) is 0.663. The van der Waals surface area contributed by atoms with E-state index in [1.165, 1.54) is 22.6 Å². The summed E-state index contributed by atoms with van der Waals surface area (Å²) in [5.41, 5.74) is -1.33. The van der Waals surface area contributed by atoms with E-state index in [4.69, 9.17) is 0 Å². The number of carbonyl (C=O) groups is 1. The van der Waals surface area contributed by atoms with Crippen LogP contribution in [0.2, 0.25) is 0 Å². The van der Waals surface area contributed by atoms with Crippen molar-refractivity contribution in [1.82, 2.24) is 9.97 Å². The molecule has 0 spiro atoms. The lowest BCUT2D eigenvalue weighted by Crippen LogP contribution is -2.13. The predicted octanol–water partition coefficient (Wildman–Crippen LogP) is 1.91. The number of hydrogen-bond donors (Lipinski definition) is 0. The van der Waals surface area contributed by atoms with Crippen LogP contribution < -0.4 is 0 Å². The Kier molecular flexibility index (Phi) is 2.84. The second kappa shape index (κ2) is 3.56. The molecule has 0 bridgehead atoms. The minimum atomic E-state index is -4.54. The molecule has 13 heavy (non-hydrogen) atoms. The summed E-state index contributed by atoms with van der Waals surface area (Å²) in [6.45, 7) is 0. The van der Waals surface area contributed by atoms with Gasteiger partial charge in [0.2, 0.25) is 0 Å². The Bertz CT molecular complexity index is 339. The van der Waals surface area contributed by atoms with Crippen LogP contribution in [0.1, 0.15) is 16.2 Å². The Morgan fingerprint density at radius 2 is 2.00 bits per heavy atom. The minimum Gasteiger partial charge on any atom is -0.296 e. The number of nitrogens with zero attached hydrogens (tertiary/aromatic N) is 2. The Labute approximate surface area is 84.5 Å². The fraction of sp³-hybridized carbons (Fsp3) is 0.167. The number of aldehydes is 1. The van der Waals surface area contributed by atoms with E-state index in [9.17, 15) is 18.0 Å². The second-order valence-electron chi connectivity index (χ2n) is 2.04. The van der Waals surface area contributed by atoms with Gasteiger partial charge in [-0.1, -0.05) is 0 Å². The van der Waals surface area contributed by atoms with Gasteiger partial charge in [-0.15, -0.1) is 0 Å². The van der Waals surface area contributed by atoms with Gasteiger partial charge in [0, 0.05) is 0 Å². The van der Waals surface area contributed by atoms with E-state index in [1.54, 1.807) is 0 Å². The average molecular weight is 302 g/mol. The molecule has 0 saturated carbocycles. The molecule has 0 saturated heterocycles. The lowest BCUT2D eigenvalue weighted by molar-refractivity contribution is -0.142. The molecular formula is C6H2F3IN2O. The summed E-state index contributed by atoms with van der Waals surface area (Å²) in [6.07, 6.45) is -3.56. The van der Waals surface area contributed by atoms with E-state index in [0.29, 0.717) is 6.33 Å². The van der Waals surface area contributed by atoms with Gasteiger partial charge in [-0.05, 0) is 22.6 Å². The molecule has 0 N–H and O–H groups in total. The van der Waals surface area contributed by atoms with Gasteiger partial charge in [0.1, 0.15) is 12.0 Å². The van der Waals surface area contributed by atoms with Crippen LogP contribution in [0.15, 0.2) is 6.33 Å². The normalized spacial score (nSPS) is 11.4. The molecule has 70 valence electrons. The summed E-state index contributed by atoms with van der Waals surface area (Å²) in [5.74, 6) is 0. The van der Waals surface area contributed by atoms with E-state index >= 15 is 0 Å². The van der Waals surface area contributed by atoms with Gasteiger partial charge in [0.25, 0.3) is 0 Å². The summed E-state index contributed by atoms with van der Waals surface area (Å²) in [5, 5.41) is 0. The molecule has 1 heterocycles. The predicted molar refractivity (Wildman–Crippen MR) is 45.1 cm³/mol. The number of hydrogen-bond acceptors (Lipinski definition) is 3. The summed E-state index contributed by atoms with van der Waals surface area (Å²) in [6, 6.07) is 0. The highest BCUT2D eigenvalue weighted by Gasteiger charge is 2.35. The summed E-state index contributed by atoms with van der Waals surface area (Å²) >= 11 is 1.39. The van der Waals surface area contributed by atoms with E-state index in [1.807, 2.05) is 0 Å². The molecule has 0 fully saturated rings. The molecule has 0 amide bonds. The maximum absolute atomic E-state index is 12.2. The smallest absolute Gasteiger partial charge is 0.296 e. The SMILES string of the molecule is O=Cc1ncnc(C(F)(F)F)c1I. The molecule has 1 aromatic heterocycles. The number of aromatic nitrogens is 2. The molecule has 0 aliphatic rings. The van der Waals surface area contributed by atoms with Gasteiger partial charge < -0.3 is 0 Å². The van der Waals surface area contributed by atoms with Crippen molar-refractivity contribution in [2.45, 2.75) is 6.18 Å². The van der Waals surface area contributed by atoms with Crippen molar-refractivity contribution in [2.24, 2.45) is 0 Å². The van der Waals surface area contributed by atoms with Crippen molar-refractivity contribution in [3.8, 4) is 0 Å². The Morgan fingerprint density at radius 1 is 1.38 bits per heavy atom. The van der Waals surface area contributed by atoms with Crippen molar-refractivity contribution < 1.29 is 18.0 Å². The summed E-state index contributed by atoms with van der Waals surface area (Å²) in [4.78, 5) is 16.7. The quantitative estimate of drug-likeness (QED) is 0.588. The number of carbonyl (C=O) groups excluding carboxylic acids is 1. The van der Waals surface area contributed by atoms with E-state index in [2.05, 4.69) is 9.97 Å². The Morgan fingerprint density at radius 3 is 2.46 bits per heavy atom. The van der Waals surface area contributed by atoms with Gasteiger partial charge in [0.15, 0.2) is 12.0 Å². The zero-order chi connectivity index (χ0) is 10.1. The van der Waals surface area contributed by atoms with Gasteiger partial charge in [0.05, 0.1) is 3.57 Å². The third-order valence-electron chi connectivity index (χ3n) is 1.20. The summed E-state index contributed by atoms with van der Waals surface area (Å²) < 4.78 is 36.2. The zero-order valence-corrected chi connectivity index (χ0v) is 8.13. The van der Waals surface area contributed by atoms with E-state index in [-0.39, 0.29) is 15.6 Å². The lowest BCUT2D eigenvalue weighted by atomic mass is 10.3.